The Balaban J connectivity index is 2.54. The van der Waals surface area contributed by atoms with Gasteiger partial charge in [0.1, 0.15) is 5.75 Å². The van der Waals surface area contributed by atoms with Gasteiger partial charge in [0.05, 0.1) is 12.7 Å². The van der Waals surface area contributed by atoms with Gasteiger partial charge in [-0.2, -0.15) is 0 Å². The molecule has 0 bridgehead atoms. The molecule has 5 heteroatoms. The Morgan fingerprint density at radius 3 is 2.37 bits per heavy atom. The summed E-state index contributed by atoms with van der Waals surface area (Å²) >= 11 is 11.9. The van der Waals surface area contributed by atoms with Gasteiger partial charge in [-0.3, -0.25) is 0 Å². The van der Waals surface area contributed by atoms with Gasteiger partial charge in [-0.25, -0.2) is 8.78 Å². The molecule has 0 amide bonds. The largest absolute Gasteiger partial charge is 0.496 e. The van der Waals surface area contributed by atoms with Gasteiger partial charge in [0, 0.05) is 15.6 Å². The van der Waals surface area contributed by atoms with Crippen molar-refractivity contribution < 1.29 is 13.5 Å². The summed E-state index contributed by atoms with van der Waals surface area (Å²) in [7, 11) is 1.36. The first-order valence-electron chi connectivity index (χ1n) is 5.44. The summed E-state index contributed by atoms with van der Waals surface area (Å²) < 4.78 is 30.8. The molecule has 100 valence electrons. The van der Waals surface area contributed by atoms with Crippen molar-refractivity contribution in [2.24, 2.45) is 0 Å². The summed E-state index contributed by atoms with van der Waals surface area (Å²) in [5, 5.41) is 0.911. The molecule has 19 heavy (non-hydrogen) atoms. The van der Waals surface area contributed by atoms with Gasteiger partial charge >= 0.3 is 0 Å². The van der Waals surface area contributed by atoms with Gasteiger partial charge in [0.2, 0.25) is 0 Å². The number of rotatable bonds is 3. The molecule has 0 saturated carbocycles. The second kappa shape index (κ2) is 5.76. The lowest BCUT2D eigenvalue weighted by molar-refractivity contribution is 0.147. The fourth-order valence-corrected chi connectivity index (χ4v) is 2.31. The van der Waals surface area contributed by atoms with Gasteiger partial charge in [-0.15, -0.1) is 0 Å². The zero-order valence-corrected chi connectivity index (χ0v) is 11.5. The maximum absolute atomic E-state index is 12.9. The fourth-order valence-electron chi connectivity index (χ4n) is 1.80. The summed E-state index contributed by atoms with van der Waals surface area (Å²) in [5.41, 5.74) is 1.08. The van der Waals surface area contributed by atoms with Crippen LogP contribution in [0.15, 0.2) is 36.4 Å². The molecule has 2 aromatic rings. The molecule has 0 N–H and O–H groups in total. The van der Waals surface area contributed by atoms with Crippen molar-refractivity contribution in [3.05, 3.63) is 52.0 Å². The lowest BCUT2D eigenvalue weighted by atomic mass is 10.0. The molecular weight excluding hydrogens is 293 g/mol. The predicted octanol–water partition coefficient (Wildman–Crippen LogP) is 5.61. The zero-order valence-electron chi connectivity index (χ0n) is 9.96. The third-order valence-electron chi connectivity index (χ3n) is 2.71. The van der Waals surface area contributed by atoms with Gasteiger partial charge in [0.15, 0.2) is 0 Å². The summed E-state index contributed by atoms with van der Waals surface area (Å²) in [4.78, 5) is 0. The van der Waals surface area contributed by atoms with E-state index in [1.807, 2.05) is 0 Å². The summed E-state index contributed by atoms with van der Waals surface area (Å²) in [5.74, 6) is 0.156. The molecule has 0 aliphatic rings. The van der Waals surface area contributed by atoms with Crippen molar-refractivity contribution >= 4 is 23.2 Å². The molecule has 0 saturated heterocycles. The van der Waals surface area contributed by atoms with Crippen LogP contribution < -0.4 is 4.74 Å². The lowest BCUT2D eigenvalue weighted by Gasteiger charge is -2.11. The molecule has 0 heterocycles. The predicted molar refractivity (Wildman–Crippen MR) is 73.4 cm³/mol. The summed E-state index contributed by atoms with van der Waals surface area (Å²) in [6, 6.07) is 9.49. The Bertz CT molecular complexity index is 600. The van der Waals surface area contributed by atoms with Gasteiger partial charge in [-0.05, 0) is 29.8 Å². The van der Waals surface area contributed by atoms with E-state index in [1.165, 1.54) is 19.2 Å². The number of ether oxygens (including phenoxy) is 1. The quantitative estimate of drug-likeness (QED) is 0.716. The fraction of sp³-hybridized carbons (Fsp3) is 0.143. The molecule has 0 fully saturated rings. The van der Waals surface area contributed by atoms with Crippen LogP contribution in [-0.2, 0) is 0 Å². The molecule has 0 unspecified atom stereocenters. The van der Waals surface area contributed by atoms with E-state index >= 15 is 0 Å². The highest BCUT2D eigenvalue weighted by Crippen LogP contribution is 2.36. The third kappa shape index (κ3) is 2.99. The number of hydrogen-bond donors (Lipinski definition) is 0. The summed E-state index contributed by atoms with van der Waals surface area (Å²) in [6.07, 6.45) is -2.61. The molecule has 0 atom stereocenters. The highest BCUT2D eigenvalue weighted by Gasteiger charge is 2.15. The number of alkyl halides is 2. The monoisotopic (exact) mass is 302 g/mol. The molecule has 0 radical (unpaired) electrons. The van der Waals surface area contributed by atoms with Crippen LogP contribution in [0.25, 0.3) is 11.1 Å². The normalized spacial score (nSPS) is 10.8. The van der Waals surface area contributed by atoms with Crippen molar-refractivity contribution in [2.45, 2.75) is 6.43 Å². The highest BCUT2D eigenvalue weighted by atomic mass is 35.5. The molecule has 0 aliphatic carbocycles. The minimum absolute atomic E-state index is 0.156. The molecule has 0 aromatic heterocycles. The second-order valence-corrected chi connectivity index (χ2v) is 4.73. The van der Waals surface area contributed by atoms with E-state index in [1.54, 1.807) is 24.3 Å². The van der Waals surface area contributed by atoms with Crippen molar-refractivity contribution in [3.8, 4) is 16.9 Å². The first-order chi connectivity index (χ1) is 9.02. The van der Waals surface area contributed by atoms with Crippen LogP contribution in [0.4, 0.5) is 8.78 Å². The first kappa shape index (κ1) is 14.1. The molecule has 1 nitrogen and oxygen atoms in total. The van der Waals surface area contributed by atoms with E-state index in [-0.39, 0.29) is 11.3 Å². The maximum atomic E-state index is 12.9. The topological polar surface area (TPSA) is 9.23 Å². The minimum atomic E-state index is -2.61. The van der Waals surface area contributed by atoms with E-state index in [9.17, 15) is 8.78 Å². The van der Waals surface area contributed by atoms with E-state index in [2.05, 4.69) is 0 Å². The van der Waals surface area contributed by atoms with Crippen LogP contribution >= 0.6 is 23.2 Å². The minimum Gasteiger partial charge on any atom is -0.496 e. The zero-order chi connectivity index (χ0) is 14.0. The average Bonchev–Trinajstić information content (AvgIpc) is 2.38. The second-order valence-electron chi connectivity index (χ2n) is 3.88. The van der Waals surface area contributed by atoms with Gasteiger partial charge in [0.25, 0.3) is 6.43 Å². The molecule has 0 aliphatic heterocycles. The average molecular weight is 303 g/mol. The van der Waals surface area contributed by atoms with Crippen LogP contribution in [0.3, 0.4) is 0 Å². The Labute approximate surface area is 119 Å². The molecule has 2 aromatic carbocycles. The van der Waals surface area contributed by atoms with E-state index in [4.69, 9.17) is 27.9 Å². The smallest absolute Gasteiger partial charge is 0.267 e. The first-order valence-corrected chi connectivity index (χ1v) is 6.20. The standard InChI is InChI=1S/C14H10Cl2F2O/c1-19-13-5-2-8(6-11(13)14(17)18)10-4-3-9(15)7-12(10)16/h2-7,14H,1H3. The molecule has 2 rings (SSSR count). The van der Waals surface area contributed by atoms with Crippen molar-refractivity contribution in [2.75, 3.05) is 7.11 Å². The Morgan fingerprint density at radius 2 is 1.79 bits per heavy atom. The molecule has 0 spiro atoms. The summed E-state index contributed by atoms with van der Waals surface area (Å²) in [6.45, 7) is 0. The van der Waals surface area contributed by atoms with Crippen LogP contribution in [0.1, 0.15) is 12.0 Å². The lowest BCUT2D eigenvalue weighted by Crippen LogP contribution is -1.93. The number of hydrogen-bond acceptors (Lipinski definition) is 1. The number of methoxy groups -OCH3 is 1. The van der Waals surface area contributed by atoms with E-state index < -0.39 is 6.43 Å². The van der Waals surface area contributed by atoms with Gasteiger partial charge < -0.3 is 4.74 Å². The Hall–Kier alpha value is -1.32. The van der Waals surface area contributed by atoms with Crippen LogP contribution in [0, 0.1) is 0 Å². The van der Waals surface area contributed by atoms with Crippen molar-refractivity contribution in [1.29, 1.82) is 0 Å². The Kier molecular flexibility index (Phi) is 4.27. The Morgan fingerprint density at radius 1 is 1.05 bits per heavy atom. The van der Waals surface area contributed by atoms with Crippen LogP contribution in [-0.4, -0.2) is 7.11 Å². The van der Waals surface area contributed by atoms with E-state index in [0.29, 0.717) is 21.2 Å². The van der Waals surface area contributed by atoms with Gasteiger partial charge in [-0.1, -0.05) is 35.3 Å². The number of halogens is 4. The van der Waals surface area contributed by atoms with Crippen molar-refractivity contribution in [3.63, 3.8) is 0 Å². The van der Waals surface area contributed by atoms with Crippen LogP contribution in [0.2, 0.25) is 10.0 Å². The van der Waals surface area contributed by atoms with Crippen LogP contribution in [0.5, 0.6) is 5.75 Å². The maximum Gasteiger partial charge on any atom is 0.267 e. The third-order valence-corrected chi connectivity index (χ3v) is 3.25. The molecular formula is C14H10Cl2F2O. The van der Waals surface area contributed by atoms with Crippen molar-refractivity contribution in [1.82, 2.24) is 0 Å². The number of benzene rings is 2. The highest BCUT2D eigenvalue weighted by molar-refractivity contribution is 6.36. The van der Waals surface area contributed by atoms with E-state index in [0.717, 1.165) is 0 Å². The SMILES string of the molecule is COc1ccc(-c2ccc(Cl)cc2Cl)cc1C(F)F.